The number of anilines is 1. The molecular weight excluding hydrogens is 399 g/mol. The van der Waals surface area contributed by atoms with Crippen LogP contribution >= 0.6 is 0 Å². The minimum atomic E-state index is -0.644. The van der Waals surface area contributed by atoms with Crippen molar-refractivity contribution in [3.63, 3.8) is 0 Å². The smallest absolute Gasteiger partial charge is 0.211 e. The summed E-state index contributed by atoms with van der Waals surface area (Å²) in [6, 6.07) is 6.03. The summed E-state index contributed by atoms with van der Waals surface area (Å²) in [6.07, 6.45) is 3.51. The van der Waals surface area contributed by atoms with Crippen LogP contribution in [0.3, 0.4) is 0 Å². The summed E-state index contributed by atoms with van der Waals surface area (Å²) in [4.78, 5) is 10.4. The third-order valence-corrected chi connectivity index (χ3v) is 5.75. The van der Waals surface area contributed by atoms with Crippen molar-refractivity contribution in [2.24, 2.45) is 10.6 Å². The maximum atomic E-state index is 13.8. The van der Waals surface area contributed by atoms with Gasteiger partial charge in [-0.1, -0.05) is 25.9 Å². The van der Waals surface area contributed by atoms with E-state index in [-0.39, 0.29) is 17.3 Å². The fourth-order valence-corrected chi connectivity index (χ4v) is 3.31. The number of amidine groups is 1. The van der Waals surface area contributed by atoms with Gasteiger partial charge in [-0.2, -0.15) is 5.10 Å². The van der Waals surface area contributed by atoms with Crippen molar-refractivity contribution < 1.29 is 14.0 Å². The van der Waals surface area contributed by atoms with Gasteiger partial charge >= 0.3 is 0 Å². The summed E-state index contributed by atoms with van der Waals surface area (Å²) < 4.78 is 20.8. The van der Waals surface area contributed by atoms with E-state index in [0.29, 0.717) is 28.6 Å². The molecule has 3 aromatic rings. The largest absolute Gasteiger partial charge is 0.496 e. The fourth-order valence-electron chi connectivity index (χ4n) is 3.31. The Morgan fingerprint density at radius 2 is 2.06 bits per heavy atom. The number of halogens is 1. The van der Waals surface area contributed by atoms with Crippen LogP contribution in [0.4, 0.5) is 10.2 Å². The standard InChI is InChI=1S/C22H27FN6O2/c1-13(15-11-14(23)7-8-17(15)30-6)25-18-9-10-29-20(26-18)16(12-24-29)19-27-22(5,31-28-19)21(2,3)4/h7-13H,1-6H3,(H,25,26)(H,27,28). The van der Waals surface area contributed by atoms with Gasteiger partial charge in [0.25, 0.3) is 0 Å². The van der Waals surface area contributed by atoms with Crippen LogP contribution < -0.4 is 15.4 Å². The maximum Gasteiger partial charge on any atom is 0.211 e. The molecule has 2 unspecified atom stereocenters. The molecule has 0 amide bonds. The van der Waals surface area contributed by atoms with E-state index in [4.69, 9.17) is 14.6 Å². The third-order valence-electron chi connectivity index (χ3n) is 5.75. The quantitative estimate of drug-likeness (QED) is 0.639. The van der Waals surface area contributed by atoms with Crippen LogP contribution in [0, 0.1) is 11.2 Å². The number of nitrogens with one attached hydrogen (secondary N) is 2. The first-order valence-corrected chi connectivity index (χ1v) is 10.1. The number of oxime groups is 1. The van der Waals surface area contributed by atoms with Crippen LogP contribution in [0.1, 0.15) is 51.8 Å². The van der Waals surface area contributed by atoms with E-state index in [2.05, 4.69) is 41.7 Å². The highest BCUT2D eigenvalue weighted by atomic mass is 19.1. The van der Waals surface area contributed by atoms with Crippen LogP contribution in [-0.4, -0.2) is 33.3 Å². The molecule has 164 valence electrons. The molecule has 2 N–H and O–H groups in total. The molecule has 1 aliphatic heterocycles. The molecule has 0 saturated heterocycles. The monoisotopic (exact) mass is 426 g/mol. The van der Waals surface area contributed by atoms with Gasteiger partial charge in [-0.3, -0.25) is 0 Å². The molecule has 0 aliphatic carbocycles. The first kappa shape index (κ1) is 20.9. The number of aromatic nitrogens is 3. The summed E-state index contributed by atoms with van der Waals surface area (Å²) in [7, 11) is 1.56. The zero-order chi connectivity index (χ0) is 22.4. The van der Waals surface area contributed by atoms with Gasteiger partial charge in [0, 0.05) is 17.2 Å². The molecular formula is C22H27FN6O2. The van der Waals surface area contributed by atoms with Crippen LogP contribution in [0.2, 0.25) is 0 Å². The Bertz CT molecular complexity index is 1150. The molecule has 0 bridgehead atoms. The minimum absolute atomic E-state index is 0.180. The molecule has 2 atom stereocenters. The van der Waals surface area contributed by atoms with Gasteiger partial charge in [-0.05, 0) is 38.1 Å². The van der Waals surface area contributed by atoms with E-state index in [1.165, 1.54) is 12.1 Å². The normalized spacial score (nSPS) is 19.5. The molecule has 0 saturated carbocycles. The predicted octanol–water partition coefficient (Wildman–Crippen LogP) is 4.09. The minimum Gasteiger partial charge on any atom is -0.496 e. The van der Waals surface area contributed by atoms with Gasteiger partial charge in [0.05, 0.1) is 24.9 Å². The highest BCUT2D eigenvalue weighted by Gasteiger charge is 2.45. The van der Waals surface area contributed by atoms with Gasteiger partial charge < -0.3 is 20.2 Å². The molecule has 9 heteroatoms. The Morgan fingerprint density at radius 3 is 2.74 bits per heavy atom. The lowest BCUT2D eigenvalue weighted by atomic mass is 9.84. The maximum absolute atomic E-state index is 13.8. The molecule has 31 heavy (non-hydrogen) atoms. The summed E-state index contributed by atoms with van der Waals surface area (Å²) in [5.41, 5.74) is 1.23. The summed E-state index contributed by atoms with van der Waals surface area (Å²) in [5, 5.41) is 15.3. The SMILES string of the molecule is COc1ccc(F)cc1C(C)Nc1ccn2ncc(C3=NOC(C)(C(C)(C)C)N3)c2n1. The lowest BCUT2D eigenvalue weighted by molar-refractivity contribution is -0.0954. The third kappa shape index (κ3) is 3.75. The van der Waals surface area contributed by atoms with E-state index in [0.717, 1.165) is 5.56 Å². The van der Waals surface area contributed by atoms with Crippen molar-refractivity contribution >= 4 is 17.3 Å². The number of methoxy groups -OCH3 is 1. The average molecular weight is 426 g/mol. The number of hydrogen-bond acceptors (Lipinski definition) is 7. The van der Waals surface area contributed by atoms with Gasteiger partial charge in [0.1, 0.15) is 17.4 Å². The van der Waals surface area contributed by atoms with Crippen LogP contribution in [0.5, 0.6) is 5.75 Å². The van der Waals surface area contributed by atoms with Crippen molar-refractivity contribution in [1.82, 2.24) is 19.9 Å². The summed E-state index contributed by atoms with van der Waals surface area (Å²) in [6.45, 7) is 10.1. The Morgan fingerprint density at radius 1 is 1.29 bits per heavy atom. The lowest BCUT2D eigenvalue weighted by Gasteiger charge is -2.35. The Kier molecular flexibility index (Phi) is 4.99. The first-order chi connectivity index (χ1) is 14.6. The number of hydrogen-bond donors (Lipinski definition) is 2. The van der Waals surface area contributed by atoms with Crippen LogP contribution in [0.15, 0.2) is 41.8 Å². The highest BCUT2D eigenvalue weighted by molar-refractivity contribution is 6.04. The van der Waals surface area contributed by atoms with Gasteiger partial charge in [-0.15, -0.1) is 0 Å². The molecule has 3 heterocycles. The topological polar surface area (TPSA) is 85.1 Å². The lowest BCUT2D eigenvalue weighted by Crippen LogP contribution is -2.52. The van der Waals surface area contributed by atoms with Gasteiger partial charge in [0.15, 0.2) is 11.5 Å². The summed E-state index contributed by atoms with van der Waals surface area (Å²) >= 11 is 0. The van der Waals surface area contributed by atoms with Crippen molar-refractivity contribution in [3.05, 3.63) is 53.6 Å². The predicted molar refractivity (Wildman–Crippen MR) is 117 cm³/mol. The van der Waals surface area contributed by atoms with Gasteiger partial charge in [-0.25, -0.2) is 13.9 Å². The number of nitrogens with zero attached hydrogens (tertiary/aromatic N) is 4. The zero-order valence-corrected chi connectivity index (χ0v) is 18.5. The molecule has 0 spiro atoms. The number of ether oxygens (including phenoxy) is 1. The van der Waals surface area contributed by atoms with Crippen molar-refractivity contribution in [2.75, 3.05) is 12.4 Å². The second-order valence-electron chi connectivity index (χ2n) is 8.83. The molecule has 4 rings (SSSR count). The number of fused-ring (bicyclic) bond motifs is 1. The molecule has 0 radical (unpaired) electrons. The second kappa shape index (κ2) is 7.40. The Balaban J connectivity index is 1.62. The number of rotatable bonds is 5. The van der Waals surface area contributed by atoms with Crippen molar-refractivity contribution in [2.45, 2.75) is 46.4 Å². The molecule has 1 aromatic carbocycles. The van der Waals surface area contributed by atoms with Crippen LogP contribution in [-0.2, 0) is 4.84 Å². The van der Waals surface area contributed by atoms with E-state index < -0.39 is 5.72 Å². The van der Waals surface area contributed by atoms with Crippen molar-refractivity contribution in [3.8, 4) is 5.75 Å². The van der Waals surface area contributed by atoms with Crippen LogP contribution in [0.25, 0.3) is 5.65 Å². The molecule has 0 fully saturated rings. The fraction of sp³-hybridized carbons (Fsp3) is 0.409. The van der Waals surface area contributed by atoms with E-state index in [1.807, 2.05) is 26.1 Å². The zero-order valence-electron chi connectivity index (χ0n) is 18.5. The van der Waals surface area contributed by atoms with E-state index >= 15 is 0 Å². The first-order valence-electron chi connectivity index (χ1n) is 10.1. The average Bonchev–Trinajstić information content (AvgIpc) is 3.31. The van der Waals surface area contributed by atoms with Crippen molar-refractivity contribution in [1.29, 1.82) is 0 Å². The van der Waals surface area contributed by atoms with Gasteiger partial charge in [0.2, 0.25) is 5.72 Å². The second-order valence-corrected chi connectivity index (χ2v) is 8.83. The molecule has 1 aliphatic rings. The number of benzene rings is 1. The Labute approximate surface area is 180 Å². The molecule has 8 nitrogen and oxygen atoms in total. The highest BCUT2D eigenvalue weighted by Crippen LogP contribution is 2.35. The van der Waals surface area contributed by atoms with E-state index in [9.17, 15) is 4.39 Å². The van der Waals surface area contributed by atoms with E-state index in [1.54, 1.807) is 23.9 Å². The summed E-state index contributed by atoms with van der Waals surface area (Å²) in [5.74, 6) is 1.48. The Hall–Kier alpha value is -3.36. The molecule has 2 aromatic heterocycles.